The fourth-order valence-electron chi connectivity index (χ4n) is 1.09. The summed E-state index contributed by atoms with van der Waals surface area (Å²) in [5.74, 6) is -0.832. The highest BCUT2D eigenvalue weighted by Gasteiger charge is 2.13. The average Bonchev–Trinajstić information content (AvgIpc) is 2.69. The number of anilines is 2. The summed E-state index contributed by atoms with van der Waals surface area (Å²) in [4.78, 5) is 11.7. The summed E-state index contributed by atoms with van der Waals surface area (Å²) in [5, 5.41) is 10.1. The molecule has 0 aliphatic carbocycles. The van der Waals surface area contributed by atoms with E-state index in [-0.39, 0.29) is 10.1 Å². The number of nitrogens with two attached hydrogens (primary N) is 1. The molecule has 1 aromatic heterocycles. The summed E-state index contributed by atoms with van der Waals surface area (Å²) < 4.78 is 13.3. The van der Waals surface area contributed by atoms with Crippen LogP contribution < -0.4 is 11.1 Å². The van der Waals surface area contributed by atoms with E-state index in [1.807, 2.05) is 0 Å². The van der Waals surface area contributed by atoms with E-state index >= 15 is 0 Å². The Hall–Kier alpha value is -1.54. The van der Waals surface area contributed by atoms with Gasteiger partial charge in [-0.3, -0.25) is 4.79 Å². The van der Waals surface area contributed by atoms with E-state index in [2.05, 4.69) is 31.4 Å². The molecule has 1 heterocycles. The molecule has 2 rings (SSSR count). The maximum Gasteiger partial charge on any atom is 0.286 e. The molecule has 8 heteroatoms. The molecule has 0 saturated heterocycles. The minimum Gasteiger partial charge on any atom is -0.374 e. The van der Waals surface area contributed by atoms with E-state index in [0.29, 0.717) is 10.2 Å². The maximum atomic E-state index is 12.8. The van der Waals surface area contributed by atoms with E-state index < -0.39 is 11.7 Å². The Labute approximate surface area is 108 Å². The lowest BCUT2D eigenvalue weighted by atomic mass is 10.3. The second-order valence-corrected chi connectivity index (χ2v) is 4.89. The number of nitrogens with one attached hydrogen (secondary N) is 1. The zero-order valence-corrected chi connectivity index (χ0v) is 10.7. The van der Waals surface area contributed by atoms with Crippen LogP contribution in [-0.4, -0.2) is 16.1 Å². The predicted octanol–water partition coefficient (Wildman–Crippen LogP) is 2.27. The predicted molar refractivity (Wildman–Crippen MR) is 66.4 cm³/mol. The van der Waals surface area contributed by atoms with Gasteiger partial charge in [-0.1, -0.05) is 11.3 Å². The zero-order valence-electron chi connectivity index (χ0n) is 8.28. The summed E-state index contributed by atoms with van der Waals surface area (Å²) in [6.45, 7) is 0. The highest BCUT2D eigenvalue weighted by Crippen LogP contribution is 2.24. The van der Waals surface area contributed by atoms with Gasteiger partial charge >= 0.3 is 0 Å². The lowest BCUT2D eigenvalue weighted by Crippen LogP contribution is -2.12. The highest BCUT2D eigenvalue weighted by atomic mass is 79.9. The first-order valence-corrected chi connectivity index (χ1v) is 6.02. The SMILES string of the molecule is Nc1nnc(C(=O)Nc2ccc(F)cc2Br)s1. The molecule has 88 valence electrons. The Morgan fingerprint density at radius 3 is 2.82 bits per heavy atom. The van der Waals surface area contributed by atoms with Crippen LogP contribution in [0.5, 0.6) is 0 Å². The summed E-state index contributed by atoms with van der Waals surface area (Å²) in [6, 6.07) is 3.95. The van der Waals surface area contributed by atoms with Gasteiger partial charge in [0.05, 0.1) is 5.69 Å². The molecule has 0 radical (unpaired) electrons. The fraction of sp³-hybridized carbons (Fsp3) is 0. The van der Waals surface area contributed by atoms with Crippen molar-refractivity contribution in [1.29, 1.82) is 0 Å². The van der Waals surface area contributed by atoms with Gasteiger partial charge in [0.25, 0.3) is 5.91 Å². The highest BCUT2D eigenvalue weighted by molar-refractivity contribution is 9.10. The van der Waals surface area contributed by atoms with Crippen molar-refractivity contribution in [3.05, 3.63) is 33.5 Å². The van der Waals surface area contributed by atoms with Crippen molar-refractivity contribution in [2.45, 2.75) is 0 Å². The second-order valence-electron chi connectivity index (χ2n) is 3.02. The number of nitrogen functional groups attached to an aromatic ring is 1. The van der Waals surface area contributed by atoms with E-state index in [1.165, 1.54) is 18.2 Å². The topological polar surface area (TPSA) is 80.9 Å². The molecule has 17 heavy (non-hydrogen) atoms. The number of hydrogen-bond acceptors (Lipinski definition) is 5. The molecule has 0 saturated carbocycles. The van der Waals surface area contributed by atoms with Crippen LogP contribution in [0.1, 0.15) is 9.80 Å². The van der Waals surface area contributed by atoms with Gasteiger partial charge in [-0.2, -0.15) is 0 Å². The van der Waals surface area contributed by atoms with Gasteiger partial charge in [0.1, 0.15) is 5.82 Å². The number of benzene rings is 1. The van der Waals surface area contributed by atoms with E-state index in [0.717, 1.165) is 11.3 Å². The van der Waals surface area contributed by atoms with Gasteiger partial charge in [-0.05, 0) is 34.1 Å². The van der Waals surface area contributed by atoms with Gasteiger partial charge in [0.2, 0.25) is 10.1 Å². The van der Waals surface area contributed by atoms with E-state index in [9.17, 15) is 9.18 Å². The van der Waals surface area contributed by atoms with Gasteiger partial charge in [-0.15, -0.1) is 10.2 Å². The number of amides is 1. The summed E-state index contributed by atoms with van der Waals surface area (Å²) in [5.41, 5.74) is 5.81. The maximum absolute atomic E-state index is 12.8. The zero-order chi connectivity index (χ0) is 12.4. The number of carbonyl (C=O) groups excluding carboxylic acids is 1. The number of hydrogen-bond donors (Lipinski definition) is 2. The molecule has 0 unspecified atom stereocenters. The van der Waals surface area contributed by atoms with Gasteiger partial charge in [-0.25, -0.2) is 4.39 Å². The van der Waals surface area contributed by atoms with Crippen molar-refractivity contribution in [3.8, 4) is 0 Å². The van der Waals surface area contributed by atoms with Crippen LogP contribution in [0.2, 0.25) is 0 Å². The van der Waals surface area contributed by atoms with Crippen LogP contribution in [-0.2, 0) is 0 Å². The van der Waals surface area contributed by atoms with Gasteiger partial charge in [0.15, 0.2) is 0 Å². The minimum absolute atomic E-state index is 0.152. The van der Waals surface area contributed by atoms with Crippen LogP contribution in [0, 0.1) is 5.82 Å². The molecule has 2 aromatic rings. The number of rotatable bonds is 2. The number of aromatic nitrogens is 2. The monoisotopic (exact) mass is 316 g/mol. The molecule has 1 amide bonds. The normalized spacial score (nSPS) is 10.2. The van der Waals surface area contributed by atoms with Crippen LogP contribution in [0.25, 0.3) is 0 Å². The van der Waals surface area contributed by atoms with Crippen molar-refractivity contribution in [2.75, 3.05) is 11.1 Å². The first-order chi connectivity index (χ1) is 8.06. The lowest BCUT2D eigenvalue weighted by molar-refractivity contribution is 0.102. The molecule has 1 aromatic carbocycles. The lowest BCUT2D eigenvalue weighted by Gasteiger charge is -2.04. The summed E-state index contributed by atoms with van der Waals surface area (Å²) >= 11 is 4.12. The quantitative estimate of drug-likeness (QED) is 0.890. The first kappa shape index (κ1) is 11.9. The molecule has 0 fully saturated rings. The third-order valence-corrected chi connectivity index (χ3v) is 3.22. The smallest absolute Gasteiger partial charge is 0.286 e. The first-order valence-electron chi connectivity index (χ1n) is 4.41. The Morgan fingerprint density at radius 2 is 2.24 bits per heavy atom. The summed E-state index contributed by atoms with van der Waals surface area (Å²) in [7, 11) is 0. The number of carbonyl (C=O) groups is 1. The Kier molecular flexibility index (Phi) is 3.34. The van der Waals surface area contributed by atoms with Crippen molar-refractivity contribution in [1.82, 2.24) is 10.2 Å². The molecule has 5 nitrogen and oxygen atoms in total. The molecular formula is C9H6BrFN4OS. The Morgan fingerprint density at radius 1 is 1.47 bits per heavy atom. The Bertz CT molecular complexity index is 574. The van der Waals surface area contributed by atoms with Crippen LogP contribution in [0.15, 0.2) is 22.7 Å². The van der Waals surface area contributed by atoms with Gasteiger partial charge in [0, 0.05) is 4.47 Å². The number of nitrogens with zero attached hydrogens (tertiary/aromatic N) is 2. The van der Waals surface area contributed by atoms with E-state index in [1.54, 1.807) is 0 Å². The van der Waals surface area contributed by atoms with E-state index in [4.69, 9.17) is 5.73 Å². The molecule has 0 spiro atoms. The molecular weight excluding hydrogens is 311 g/mol. The fourth-order valence-corrected chi connectivity index (χ4v) is 2.05. The average molecular weight is 317 g/mol. The van der Waals surface area contributed by atoms with Crippen LogP contribution in [0.4, 0.5) is 15.2 Å². The van der Waals surface area contributed by atoms with Crippen molar-refractivity contribution in [2.24, 2.45) is 0 Å². The Balaban J connectivity index is 2.18. The van der Waals surface area contributed by atoms with Crippen molar-refractivity contribution >= 4 is 44.0 Å². The standard InChI is InChI=1S/C9H6BrFN4OS/c10-5-3-4(11)1-2-6(5)13-7(16)8-14-15-9(12)17-8/h1-3H,(H2,12,15)(H,13,16). The number of halogens is 2. The second kappa shape index (κ2) is 4.76. The van der Waals surface area contributed by atoms with Crippen molar-refractivity contribution in [3.63, 3.8) is 0 Å². The minimum atomic E-state index is -0.438. The largest absolute Gasteiger partial charge is 0.374 e. The van der Waals surface area contributed by atoms with Crippen LogP contribution >= 0.6 is 27.3 Å². The molecule has 3 N–H and O–H groups in total. The van der Waals surface area contributed by atoms with Crippen molar-refractivity contribution < 1.29 is 9.18 Å². The molecule has 0 bridgehead atoms. The van der Waals surface area contributed by atoms with Gasteiger partial charge < -0.3 is 11.1 Å². The third-order valence-electron chi connectivity index (χ3n) is 1.81. The molecule has 0 atom stereocenters. The molecule has 0 aliphatic heterocycles. The third kappa shape index (κ3) is 2.77. The molecule has 0 aliphatic rings. The summed E-state index contributed by atoms with van der Waals surface area (Å²) in [6.07, 6.45) is 0. The van der Waals surface area contributed by atoms with Crippen LogP contribution in [0.3, 0.4) is 0 Å².